The molecule has 2 rings (SSSR count). The van der Waals surface area contributed by atoms with Crippen molar-refractivity contribution in [1.82, 2.24) is 14.9 Å². The van der Waals surface area contributed by atoms with Gasteiger partial charge in [-0.1, -0.05) is 47.6 Å². The molecule has 2 aromatic rings. The highest BCUT2D eigenvalue weighted by molar-refractivity contribution is 5.82. The first-order chi connectivity index (χ1) is 14.9. The summed E-state index contributed by atoms with van der Waals surface area (Å²) >= 11 is 0. The third-order valence-electron chi connectivity index (χ3n) is 5.01. The van der Waals surface area contributed by atoms with Gasteiger partial charge in [-0.25, -0.2) is 9.47 Å². The third-order valence-corrected chi connectivity index (χ3v) is 5.01. The minimum absolute atomic E-state index is 0.0315. The van der Waals surface area contributed by atoms with Gasteiger partial charge in [0, 0.05) is 5.04 Å². The van der Waals surface area contributed by atoms with Gasteiger partial charge in [-0.05, 0) is 64.5 Å². The summed E-state index contributed by atoms with van der Waals surface area (Å²) in [6.07, 6.45) is 5.42. The number of aryl methyl sites for hydroxylation is 2. The van der Waals surface area contributed by atoms with Crippen molar-refractivity contribution in [1.29, 1.82) is 0 Å². The molecule has 1 aromatic heterocycles. The minimum atomic E-state index is -0.486. The van der Waals surface area contributed by atoms with Gasteiger partial charge in [0.25, 0.3) is 0 Å². The lowest BCUT2D eigenvalue weighted by Gasteiger charge is -2.32. The molecule has 0 aliphatic heterocycles. The number of hydrogen-bond donors (Lipinski definition) is 0. The standard InChI is InChI=1S/C23H34N4O5/c1-16-10-19(17(2)9-18(16)12-26-27-14-24-25-15-27)13-29-31-32-30-21(28)20(23(6,7)8)11-22(3,4)5/h9-10,12,14-15,20H,11,13H2,1-8H3/b26-12+. The van der Waals surface area contributed by atoms with Crippen LogP contribution in [-0.2, 0) is 31.3 Å². The molecule has 0 saturated carbocycles. The summed E-state index contributed by atoms with van der Waals surface area (Å²) in [4.78, 5) is 22.4. The topological polar surface area (TPSA) is 97.1 Å². The number of nitrogens with zero attached hydrogens (tertiary/aromatic N) is 4. The summed E-state index contributed by atoms with van der Waals surface area (Å²) in [7, 11) is 0. The van der Waals surface area contributed by atoms with Gasteiger partial charge in [0.15, 0.2) is 0 Å². The van der Waals surface area contributed by atoms with Gasteiger partial charge in [0.2, 0.25) is 0 Å². The maximum atomic E-state index is 12.5. The molecule has 0 radical (unpaired) electrons. The normalized spacial score (nSPS) is 13.5. The number of aromatic nitrogens is 3. The Balaban J connectivity index is 1.85. The Morgan fingerprint density at radius 1 is 1.06 bits per heavy atom. The second-order valence-electron chi connectivity index (χ2n) is 10.2. The molecule has 0 aliphatic rings. The lowest BCUT2D eigenvalue weighted by atomic mass is 9.72. The Hall–Kier alpha value is -2.62. The molecule has 1 aromatic carbocycles. The summed E-state index contributed by atoms with van der Waals surface area (Å²) in [5.41, 5.74) is 3.55. The number of hydrogen-bond acceptors (Lipinski definition) is 8. The highest BCUT2D eigenvalue weighted by Crippen LogP contribution is 2.36. The number of carbonyl (C=O) groups excluding carboxylic acids is 1. The average molecular weight is 447 g/mol. The van der Waals surface area contributed by atoms with E-state index < -0.39 is 5.97 Å². The fourth-order valence-electron chi connectivity index (χ4n) is 3.14. The molecule has 0 aliphatic carbocycles. The molecule has 32 heavy (non-hydrogen) atoms. The Kier molecular flexibility index (Phi) is 8.65. The van der Waals surface area contributed by atoms with Crippen LogP contribution in [0.15, 0.2) is 29.9 Å². The van der Waals surface area contributed by atoms with E-state index in [1.54, 1.807) is 6.21 Å². The molecule has 0 bridgehead atoms. The molecule has 1 atom stereocenters. The molecule has 0 amide bonds. The zero-order chi connectivity index (χ0) is 23.9. The van der Waals surface area contributed by atoms with Crippen LogP contribution in [0, 0.1) is 30.6 Å². The fraction of sp³-hybridized carbons (Fsp3) is 0.565. The summed E-state index contributed by atoms with van der Waals surface area (Å²) in [6, 6.07) is 3.96. The summed E-state index contributed by atoms with van der Waals surface area (Å²) < 4.78 is 1.52. The lowest BCUT2D eigenvalue weighted by Crippen LogP contribution is -2.33. The van der Waals surface area contributed by atoms with E-state index in [2.05, 4.69) is 46.1 Å². The molecule has 176 valence electrons. The van der Waals surface area contributed by atoms with E-state index in [-0.39, 0.29) is 23.4 Å². The molecule has 0 spiro atoms. The van der Waals surface area contributed by atoms with Crippen molar-refractivity contribution >= 4 is 12.2 Å². The van der Waals surface area contributed by atoms with Gasteiger partial charge in [0.05, 0.1) is 12.1 Å². The Morgan fingerprint density at radius 3 is 2.31 bits per heavy atom. The van der Waals surface area contributed by atoms with E-state index in [1.807, 2.05) is 46.8 Å². The summed E-state index contributed by atoms with van der Waals surface area (Å²) in [5.74, 6) is -0.830. The molecule has 1 heterocycles. The van der Waals surface area contributed by atoms with Crippen LogP contribution in [0.4, 0.5) is 0 Å². The highest BCUT2D eigenvalue weighted by atomic mass is 17.7. The van der Waals surface area contributed by atoms with Crippen LogP contribution in [0.3, 0.4) is 0 Å². The van der Waals surface area contributed by atoms with Crippen LogP contribution in [0.25, 0.3) is 0 Å². The predicted molar refractivity (Wildman–Crippen MR) is 119 cm³/mol. The maximum Gasteiger partial charge on any atom is 0.349 e. The number of benzene rings is 1. The van der Waals surface area contributed by atoms with Crippen molar-refractivity contribution in [3.8, 4) is 0 Å². The predicted octanol–water partition coefficient (Wildman–Crippen LogP) is 4.71. The molecule has 0 N–H and O–H groups in total. The average Bonchev–Trinajstić information content (AvgIpc) is 3.19. The van der Waals surface area contributed by atoms with Crippen molar-refractivity contribution in [2.24, 2.45) is 21.8 Å². The van der Waals surface area contributed by atoms with Crippen molar-refractivity contribution in [3.63, 3.8) is 0 Å². The third kappa shape index (κ3) is 8.14. The Morgan fingerprint density at radius 2 is 1.72 bits per heavy atom. The smallest absolute Gasteiger partial charge is 0.266 e. The molecule has 0 fully saturated rings. The van der Waals surface area contributed by atoms with Crippen LogP contribution >= 0.6 is 0 Å². The maximum absolute atomic E-state index is 12.5. The van der Waals surface area contributed by atoms with E-state index in [0.29, 0.717) is 6.42 Å². The Bertz CT molecular complexity index is 912. The first-order valence-electron chi connectivity index (χ1n) is 10.5. The molecule has 0 saturated heterocycles. The van der Waals surface area contributed by atoms with Gasteiger partial charge < -0.3 is 0 Å². The molecule has 1 unspecified atom stereocenters. The van der Waals surface area contributed by atoms with Crippen molar-refractivity contribution < 1.29 is 24.6 Å². The van der Waals surface area contributed by atoms with Crippen molar-refractivity contribution in [3.05, 3.63) is 47.0 Å². The van der Waals surface area contributed by atoms with Crippen LogP contribution in [0.1, 0.15) is 70.2 Å². The van der Waals surface area contributed by atoms with E-state index in [1.165, 1.54) is 17.3 Å². The second kappa shape index (κ2) is 10.8. The number of carbonyl (C=O) groups is 1. The first kappa shape index (κ1) is 25.6. The minimum Gasteiger partial charge on any atom is -0.266 e. The highest BCUT2D eigenvalue weighted by Gasteiger charge is 2.36. The molecule has 9 nitrogen and oxygen atoms in total. The van der Waals surface area contributed by atoms with Crippen LogP contribution < -0.4 is 0 Å². The zero-order valence-corrected chi connectivity index (χ0v) is 20.2. The monoisotopic (exact) mass is 446 g/mol. The zero-order valence-electron chi connectivity index (χ0n) is 20.2. The summed E-state index contributed by atoms with van der Waals surface area (Å²) in [6.45, 7) is 16.3. The van der Waals surface area contributed by atoms with E-state index in [9.17, 15) is 4.79 Å². The van der Waals surface area contributed by atoms with Gasteiger partial charge in [-0.15, -0.1) is 10.2 Å². The van der Waals surface area contributed by atoms with Gasteiger partial charge in [0.1, 0.15) is 19.3 Å². The number of rotatable bonds is 9. The van der Waals surface area contributed by atoms with Gasteiger partial charge in [-0.3, -0.25) is 4.89 Å². The van der Waals surface area contributed by atoms with Crippen LogP contribution in [-0.4, -0.2) is 27.1 Å². The van der Waals surface area contributed by atoms with Crippen molar-refractivity contribution in [2.75, 3.05) is 0 Å². The van der Waals surface area contributed by atoms with E-state index in [0.717, 1.165) is 22.3 Å². The Labute approximate surface area is 189 Å². The largest absolute Gasteiger partial charge is 0.349 e. The van der Waals surface area contributed by atoms with Crippen LogP contribution in [0.5, 0.6) is 0 Å². The van der Waals surface area contributed by atoms with Crippen LogP contribution in [0.2, 0.25) is 0 Å². The van der Waals surface area contributed by atoms with Crippen molar-refractivity contribution in [2.45, 2.75) is 68.4 Å². The van der Waals surface area contributed by atoms with E-state index in [4.69, 9.17) is 9.78 Å². The first-order valence-corrected chi connectivity index (χ1v) is 10.5. The van der Waals surface area contributed by atoms with E-state index >= 15 is 0 Å². The molecule has 9 heteroatoms. The quantitative estimate of drug-likeness (QED) is 0.238. The fourth-order valence-corrected chi connectivity index (χ4v) is 3.14. The summed E-state index contributed by atoms with van der Waals surface area (Å²) in [5, 5.41) is 20.9. The second-order valence-corrected chi connectivity index (χ2v) is 10.2. The van der Waals surface area contributed by atoms with Gasteiger partial charge >= 0.3 is 5.97 Å². The lowest BCUT2D eigenvalue weighted by molar-refractivity contribution is -0.622. The van der Waals surface area contributed by atoms with Gasteiger partial charge in [-0.2, -0.15) is 9.99 Å². The molecular formula is C23H34N4O5. The molecular weight excluding hydrogens is 412 g/mol. The SMILES string of the molecule is Cc1cc(COOOOC(=O)C(CC(C)(C)C)C(C)(C)C)c(C)cc1/C=N/n1cnnc1.